The van der Waals surface area contributed by atoms with Gasteiger partial charge < -0.3 is 15.0 Å². The number of fused-ring (bicyclic) bond motifs is 1. The van der Waals surface area contributed by atoms with E-state index in [1.165, 1.54) is 11.3 Å². The van der Waals surface area contributed by atoms with Crippen molar-refractivity contribution in [2.24, 2.45) is 0 Å². The Labute approximate surface area is 140 Å². The molecule has 0 saturated carbocycles. The topological polar surface area (TPSA) is 63.2 Å². The van der Waals surface area contributed by atoms with E-state index in [0.717, 1.165) is 30.2 Å². The minimum absolute atomic E-state index is 0.474. The third-order valence-electron chi connectivity index (χ3n) is 4.06. The number of rotatable bonds is 4. The highest BCUT2D eigenvalue weighted by atomic mass is 16.5. The smallest absolute Gasteiger partial charge is 0.249 e. The van der Waals surface area contributed by atoms with E-state index in [2.05, 4.69) is 43.6 Å². The Morgan fingerprint density at radius 1 is 1.08 bits per heavy atom. The summed E-state index contributed by atoms with van der Waals surface area (Å²) in [5.41, 5.74) is 3.41. The van der Waals surface area contributed by atoms with Crippen LogP contribution in [0.5, 0.6) is 5.75 Å². The zero-order chi connectivity index (χ0) is 16.4. The van der Waals surface area contributed by atoms with Crippen LogP contribution in [0.4, 0.5) is 23.1 Å². The van der Waals surface area contributed by atoms with Gasteiger partial charge in [-0.1, -0.05) is 18.2 Å². The Hall–Kier alpha value is -3.15. The van der Waals surface area contributed by atoms with E-state index >= 15 is 0 Å². The lowest BCUT2D eigenvalue weighted by molar-refractivity contribution is 0.415. The molecule has 1 aliphatic heterocycles. The maximum atomic E-state index is 5.16. The average molecular weight is 319 g/mol. The third-order valence-corrected chi connectivity index (χ3v) is 4.06. The van der Waals surface area contributed by atoms with Gasteiger partial charge in [-0.05, 0) is 42.3 Å². The monoisotopic (exact) mass is 319 g/mol. The van der Waals surface area contributed by atoms with Crippen LogP contribution in [0.15, 0.2) is 54.7 Å². The minimum atomic E-state index is 0.474. The highest BCUT2D eigenvalue weighted by Gasteiger charge is 2.21. The highest BCUT2D eigenvalue weighted by Crippen LogP contribution is 2.33. The normalized spacial score (nSPS) is 12.8. The van der Waals surface area contributed by atoms with Gasteiger partial charge in [0.25, 0.3) is 0 Å². The van der Waals surface area contributed by atoms with Gasteiger partial charge in [-0.25, -0.2) is 0 Å². The summed E-state index contributed by atoms with van der Waals surface area (Å²) in [5, 5.41) is 11.3. The molecular weight excluding hydrogens is 302 g/mol. The molecule has 6 heteroatoms. The van der Waals surface area contributed by atoms with E-state index in [-0.39, 0.29) is 0 Å². The van der Waals surface area contributed by atoms with Gasteiger partial charge in [0.2, 0.25) is 5.95 Å². The van der Waals surface area contributed by atoms with Gasteiger partial charge in [-0.2, -0.15) is 10.1 Å². The van der Waals surface area contributed by atoms with Gasteiger partial charge in [0.1, 0.15) is 5.75 Å². The van der Waals surface area contributed by atoms with Crippen LogP contribution in [0.3, 0.4) is 0 Å². The maximum absolute atomic E-state index is 5.16. The zero-order valence-electron chi connectivity index (χ0n) is 13.3. The van der Waals surface area contributed by atoms with Crippen LogP contribution in [0.1, 0.15) is 5.56 Å². The number of ether oxygens (including phenoxy) is 1. The molecule has 4 rings (SSSR count). The van der Waals surface area contributed by atoms with Crippen molar-refractivity contribution in [3.8, 4) is 5.75 Å². The number of para-hydroxylation sites is 1. The zero-order valence-corrected chi connectivity index (χ0v) is 13.3. The Balaban J connectivity index is 1.58. The van der Waals surface area contributed by atoms with E-state index in [4.69, 9.17) is 4.74 Å². The predicted octanol–water partition coefficient (Wildman–Crippen LogP) is 3.32. The number of aromatic nitrogens is 3. The van der Waals surface area contributed by atoms with Crippen molar-refractivity contribution in [1.29, 1.82) is 0 Å². The molecule has 0 bridgehead atoms. The number of nitrogens with zero attached hydrogens (tertiary/aromatic N) is 4. The molecule has 0 fully saturated rings. The summed E-state index contributed by atoms with van der Waals surface area (Å²) in [7, 11) is 1.65. The largest absolute Gasteiger partial charge is 0.497 e. The molecule has 6 nitrogen and oxygen atoms in total. The number of nitrogens with one attached hydrogen (secondary N) is 1. The van der Waals surface area contributed by atoms with Gasteiger partial charge in [-0.3, -0.25) is 0 Å². The second-order valence-corrected chi connectivity index (χ2v) is 5.52. The number of methoxy groups -OCH3 is 1. The molecular formula is C18H17N5O. The van der Waals surface area contributed by atoms with Crippen LogP contribution < -0.4 is 15.0 Å². The van der Waals surface area contributed by atoms with Gasteiger partial charge in [0.15, 0.2) is 5.82 Å². The van der Waals surface area contributed by atoms with E-state index in [9.17, 15) is 0 Å². The first-order chi connectivity index (χ1) is 11.8. The molecule has 0 atom stereocenters. The second kappa shape index (κ2) is 6.16. The first-order valence-electron chi connectivity index (χ1n) is 7.80. The molecule has 2 aromatic carbocycles. The summed E-state index contributed by atoms with van der Waals surface area (Å²) in [4.78, 5) is 6.77. The van der Waals surface area contributed by atoms with E-state index < -0.39 is 0 Å². The summed E-state index contributed by atoms with van der Waals surface area (Å²) < 4.78 is 5.16. The summed E-state index contributed by atoms with van der Waals surface area (Å²) >= 11 is 0. The van der Waals surface area contributed by atoms with Gasteiger partial charge >= 0.3 is 0 Å². The Morgan fingerprint density at radius 2 is 1.92 bits per heavy atom. The van der Waals surface area contributed by atoms with Crippen molar-refractivity contribution >= 4 is 23.1 Å². The summed E-state index contributed by atoms with van der Waals surface area (Å²) in [6.45, 7) is 0.903. The fraction of sp³-hybridized carbons (Fsp3) is 0.167. The quantitative estimate of drug-likeness (QED) is 0.796. The lowest BCUT2D eigenvalue weighted by Crippen LogP contribution is -2.16. The van der Waals surface area contributed by atoms with Crippen molar-refractivity contribution in [3.63, 3.8) is 0 Å². The van der Waals surface area contributed by atoms with E-state index in [0.29, 0.717) is 5.95 Å². The van der Waals surface area contributed by atoms with Crippen LogP contribution in [0.25, 0.3) is 0 Å². The van der Waals surface area contributed by atoms with Crippen LogP contribution in [-0.4, -0.2) is 28.8 Å². The number of benzene rings is 2. The van der Waals surface area contributed by atoms with Gasteiger partial charge in [0.05, 0.1) is 13.3 Å². The van der Waals surface area contributed by atoms with Gasteiger partial charge in [-0.15, -0.1) is 5.10 Å². The first-order valence-corrected chi connectivity index (χ1v) is 7.80. The Morgan fingerprint density at radius 3 is 2.75 bits per heavy atom. The number of anilines is 4. The SMILES string of the molecule is COc1ccc(Nc2nncc(N3CCc4ccccc43)n2)cc1. The first kappa shape index (κ1) is 14.4. The average Bonchev–Trinajstić information content (AvgIpc) is 3.07. The molecule has 0 spiro atoms. The van der Waals surface area contributed by atoms with Crippen molar-refractivity contribution in [2.45, 2.75) is 6.42 Å². The summed E-state index contributed by atoms with van der Waals surface area (Å²) in [6, 6.07) is 16.0. The summed E-state index contributed by atoms with van der Waals surface area (Å²) in [5.74, 6) is 2.08. The second-order valence-electron chi connectivity index (χ2n) is 5.52. The molecule has 1 N–H and O–H groups in total. The fourth-order valence-corrected chi connectivity index (χ4v) is 2.86. The van der Waals surface area contributed by atoms with Crippen molar-refractivity contribution in [3.05, 3.63) is 60.3 Å². The molecule has 120 valence electrons. The molecule has 1 aromatic heterocycles. The fourth-order valence-electron chi connectivity index (χ4n) is 2.86. The molecule has 1 aliphatic rings. The highest BCUT2D eigenvalue weighted by molar-refractivity contribution is 5.67. The van der Waals surface area contributed by atoms with Crippen molar-refractivity contribution < 1.29 is 4.74 Å². The molecule has 0 saturated heterocycles. The van der Waals surface area contributed by atoms with Gasteiger partial charge in [0, 0.05) is 17.9 Å². The molecule has 0 aliphatic carbocycles. The third kappa shape index (κ3) is 2.74. The molecule has 0 amide bonds. The van der Waals surface area contributed by atoms with Crippen LogP contribution in [0, 0.1) is 0 Å². The van der Waals surface area contributed by atoms with E-state index in [1.54, 1.807) is 13.3 Å². The van der Waals surface area contributed by atoms with Crippen LogP contribution in [-0.2, 0) is 6.42 Å². The van der Waals surface area contributed by atoms with Crippen molar-refractivity contribution in [1.82, 2.24) is 15.2 Å². The van der Waals surface area contributed by atoms with Crippen LogP contribution >= 0.6 is 0 Å². The van der Waals surface area contributed by atoms with Crippen molar-refractivity contribution in [2.75, 3.05) is 23.9 Å². The molecule has 3 aromatic rings. The molecule has 24 heavy (non-hydrogen) atoms. The summed E-state index contributed by atoms with van der Waals surface area (Å²) in [6.07, 6.45) is 2.71. The Kier molecular flexibility index (Phi) is 3.70. The lowest BCUT2D eigenvalue weighted by Gasteiger charge is -2.18. The molecule has 0 unspecified atom stereocenters. The number of hydrogen-bond acceptors (Lipinski definition) is 6. The maximum Gasteiger partial charge on any atom is 0.249 e. The minimum Gasteiger partial charge on any atom is -0.497 e. The molecule has 2 heterocycles. The standard InChI is InChI=1S/C18H17N5O/c1-24-15-8-6-14(7-9-15)20-18-21-17(12-19-22-18)23-11-10-13-4-2-3-5-16(13)23/h2-9,12H,10-11H2,1H3,(H,20,21,22). The molecule has 0 radical (unpaired) electrons. The predicted molar refractivity (Wildman–Crippen MR) is 93.3 cm³/mol. The van der Waals surface area contributed by atoms with Crippen LogP contribution in [0.2, 0.25) is 0 Å². The Bertz CT molecular complexity index is 850. The number of hydrogen-bond donors (Lipinski definition) is 1. The lowest BCUT2D eigenvalue weighted by atomic mass is 10.2. The van der Waals surface area contributed by atoms with E-state index in [1.807, 2.05) is 30.3 Å².